The molecule has 2 amide bonds. The van der Waals surface area contributed by atoms with E-state index in [1.54, 1.807) is 11.1 Å². The van der Waals surface area contributed by atoms with Crippen molar-refractivity contribution in [3.05, 3.63) is 52.6 Å². The lowest BCUT2D eigenvalue weighted by molar-refractivity contribution is -0.135. The van der Waals surface area contributed by atoms with Crippen LogP contribution in [0.3, 0.4) is 0 Å². The van der Waals surface area contributed by atoms with Crippen LogP contribution >= 0.6 is 15.9 Å². The summed E-state index contributed by atoms with van der Waals surface area (Å²) in [7, 11) is 0. The molecular weight excluding hydrogens is 422 g/mol. The molecular formula is C21H22BrN3O3. The molecule has 146 valence electrons. The van der Waals surface area contributed by atoms with Crippen molar-refractivity contribution < 1.29 is 14.3 Å². The van der Waals surface area contributed by atoms with Crippen molar-refractivity contribution in [3.63, 3.8) is 0 Å². The first kappa shape index (κ1) is 18.9. The van der Waals surface area contributed by atoms with E-state index < -0.39 is 0 Å². The summed E-state index contributed by atoms with van der Waals surface area (Å²) >= 11 is 3.43. The van der Waals surface area contributed by atoms with Gasteiger partial charge in [-0.25, -0.2) is 4.98 Å². The zero-order chi connectivity index (χ0) is 19.7. The zero-order valence-electron chi connectivity index (χ0n) is 15.7. The number of hydrogen-bond acceptors (Lipinski definition) is 4. The second-order valence-electron chi connectivity index (χ2n) is 7.37. The number of carbonyl (C=O) groups excluding carboxylic acids is 2. The Bertz CT molecular complexity index is 887. The first-order valence-corrected chi connectivity index (χ1v) is 10.2. The minimum Gasteiger partial charge on any atom is -0.472 e. The molecule has 2 aromatic rings. The minimum atomic E-state index is -0.303. The van der Waals surface area contributed by atoms with Crippen molar-refractivity contribution in [3.8, 4) is 5.88 Å². The predicted octanol–water partition coefficient (Wildman–Crippen LogP) is 3.19. The van der Waals surface area contributed by atoms with Crippen LogP contribution in [0.25, 0.3) is 0 Å². The number of halogens is 1. The molecule has 1 aromatic carbocycles. The standard InChI is InChI=1S/C21H22BrN3O3/c1-14-5-6-19(23-11-14)28-18-7-8-24(13-18)21(27)15-9-20(26)25(12-15)17-4-2-3-16(22)10-17/h2-6,10-11,15,18H,7-9,12-13H2,1H3. The lowest BCUT2D eigenvalue weighted by Gasteiger charge is -2.21. The average molecular weight is 444 g/mol. The number of nitrogens with zero attached hydrogens (tertiary/aromatic N) is 3. The fraction of sp³-hybridized carbons (Fsp3) is 0.381. The molecule has 0 saturated carbocycles. The highest BCUT2D eigenvalue weighted by atomic mass is 79.9. The smallest absolute Gasteiger partial charge is 0.228 e. The van der Waals surface area contributed by atoms with Gasteiger partial charge in [-0.2, -0.15) is 0 Å². The van der Waals surface area contributed by atoms with Crippen LogP contribution < -0.4 is 9.64 Å². The van der Waals surface area contributed by atoms with E-state index in [9.17, 15) is 9.59 Å². The maximum absolute atomic E-state index is 12.9. The Morgan fingerprint density at radius 1 is 1.25 bits per heavy atom. The van der Waals surface area contributed by atoms with Crippen molar-refractivity contribution in [2.24, 2.45) is 5.92 Å². The molecule has 4 rings (SSSR count). The Labute approximate surface area is 172 Å². The second kappa shape index (κ2) is 7.91. The van der Waals surface area contributed by atoms with E-state index in [-0.39, 0.29) is 30.3 Å². The topological polar surface area (TPSA) is 62.7 Å². The lowest BCUT2D eigenvalue weighted by atomic mass is 10.1. The number of hydrogen-bond donors (Lipinski definition) is 0. The van der Waals surface area contributed by atoms with Gasteiger partial charge >= 0.3 is 0 Å². The molecule has 2 saturated heterocycles. The quantitative estimate of drug-likeness (QED) is 0.727. The van der Waals surface area contributed by atoms with Gasteiger partial charge in [0.25, 0.3) is 0 Å². The molecule has 3 heterocycles. The predicted molar refractivity (Wildman–Crippen MR) is 109 cm³/mol. The molecule has 2 aliphatic rings. The van der Waals surface area contributed by atoms with Gasteiger partial charge in [-0.3, -0.25) is 9.59 Å². The van der Waals surface area contributed by atoms with E-state index >= 15 is 0 Å². The van der Waals surface area contributed by atoms with Gasteiger partial charge in [-0.1, -0.05) is 28.1 Å². The van der Waals surface area contributed by atoms with E-state index in [2.05, 4.69) is 20.9 Å². The molecule has 6 nitrogen and oxygen atoms in total. The molecule has 0 spiro atoms. The first-order valence-electron chi connectivity index (χ1n) is 9.43. The van der Waals surface area contributed by atoms with Crippen LogP contribution in [0.4, 0.5) is 5.69 Å². The van der Waals surface area contributed by atoms with Crippen molar-refractivity contribution >= 4 is 33.4 Å². The van der Waals surface area contributed by atoms with E-state index in [1.165, 1.54) is 0 Å². The molecule has 2 aliphatic heterocycles. The number of likely N-dealkylation sites (tertiary alicyclic amines) is 1. The largest absolute Gasteiger partial charge is 0.472 e. The number of amides is 2. The maximum atomic E-state index is 12.9. The molecule has 2 atom stereocenters. The molecule has 7 heteroatoms. The van der Waals surface area contributed by atoms with Crippen LogP contribution in [0, 0.1) is 12.8 Å². The number of pyridine rings is 1. The summed E-state index contributed by atoms with van der Waals surface area (Å²) in [4.78, 5) is 33.2. The van der Waals surface area contributed by atoms with Crippen LogP contribution in [0.2, 0.25) is 0 Å². The van der Waals surface area contributed by atoms with E-state index in [4.69, 9.17) is 4.74 Å². The number of rotatable bonds is 4. The Hall–Kier alpha value is -2.41. The fourth-order valence-electron chi connectivity index (χ4n) is 3.74. The number of carbonyl (C=O) groups is 2. The fourth-order valence-corrected chi connectivity index (χ4v) is 4.13. The molecule has 2 fully saturated rings. The number of aromatic nitrogens is 1. The Kier molecular flexibility index (Phi) is 5.35. The summed E-state index contributed by atoms with van der Waals surface area (Å²) in [6.07, 6.45) is 2.75. The van der Waals surface area contributed by atoms with Crippen molar-refractivity contribution in [1.82, 2.24) is 9.88 Å². The van der Waals surface area contributed by atoms with E-state index in [0.29, 0.717) is 25.5 Å². The number of ether oxygens (including phenoxy) is 1. The molecule has 1 aromatic heterocycles. The summed E-state index contributed by atoms with van der Waals surface area (Å²) in [5.41, 5.74) is 1.90. The molecule has 0 aliphatic carbocycles. The van der Waals surface area contributed by atoms with Crippen molar-refractivity contribution in [2.45, 2.75) is 25.9 Å². The zero-order valence-corrected chi connectivity index (χ0v) is 17.3. The molecule has 0 bridgehead atoms. The monoisotopic (exact) mass is 443 g/mol. The normalized spacial score (nSPS) is 22.0. The molecule has 0 N–H and O–H groups in total. The number of benzene rings is 1. The summed E-state index contributed by atoms with van der Waals surface area (Å²) < 4.78 is 6.82. The van der Waals surface area contributed by atoms with E-state index in [1.807, 2.05) is 48.2 Å². The highest BCUT2D eigenvalue weighted by Crippen LogP contribution is 2.29. The summed E-state index contributed by atoms with van der Waals surface area (Å²) in [6, 6.07) is 11.4. The molecule has 0 radical (unpaired) electrons. The van der Waals surface area contributed by atoms with Gasteiger partial charge in [0.1, 0.15) is 6.10 Å². The van der Waals surface area contributed by atoms with Gasteiger partial charge in [0.2, 0.25) is 17.7 Å². The van der Waals surface area contributed by atoms with Gasteiger partial charge in [-0.15, -0.1) is 0 Å². The minimum absolute atomic E-state index is 0.00713. The van der Waals surface area contributed by atoms with Gasteiger partial charge < -0.3 is 14.5 Å². The van der Waals surface area contributed by atoms with Crippen LogP contribution in [0.5, 0.6) is 5.88 Å². The van der Waals surface area contributed by atoms with Crippen LogP contribution in [-0.2, 0) is 9.59 Å². The SMILES string of the molecule is Cc1ccc(OC2CCN(C(=O)C3CC(=O)N(c4cccc(Br)c4)C3)C2)nc1. The van der Waals surface area contributed by atoms with Crippen LogP contribution in [0.1, 0.15) is 18.4 Å². The van der Waals surface area contributed by atoms with Crippen molar-refractivity contribution in [2.75, 3.05) is 24.5 Å². The van der Waals surface area contributed by atoms with Gasteiger partial charge in [0.15, 0.2) is 0 Å². The molecule has 2 unspecified atom stereocenters. The van der Waals surface area contributed by atoms with Gasteiger partial charge in [0.05, 0.1) is 12.5 Å². The maximum Gasteiger partial charge on any atom is 0.228 e. The third-order valence-corrected chi connectivity index (χ3v) is 5.72. The highest BCUT2D eigenvalue weighted by molar-refractivity contribution is 9.10. The second-order valence-corrected chi connectivity index (χ2v) is 8.29. The highest BCUT2D eigenvalue weighted by Gasteiger charge is 2.39. The Morgan fingerprint density at radius 3 is 2.86 bits per heavy atom. The Morgan fingerprint density at radius 2 is 2.11 bits per heavy atom. The lowest BCUT2D eigenvalue weighted by Crippen LogP contribution is -2.37. The van der Waals surface area contributed by atoms with Crippen LogP contribution in [-0.4, -0.2) is 47.4 Å². The summed E-state index contributed by atoms with van der Waals surface area (Å²) in [5, 5.41) is 0. The molecule has 28 heavy (non-hydrogen) atoms. The number of anilines is 1. The van der Waals surface area contributed by atoms with Gasteiger partial charge in [0, 0.05) is 48.4 Å². The van der Waals surface area contributed by atoms with E-state index in [0.717, 1.165) is 22.1 Å². The van der Waals surface area contributed by atoms with Crippen molar-refractivity contribution in [1.29, 1.82) is 0 Å². The summed E-state index contributed by atoms with van der Waals surface area (Å²) in [6.45, 7) is 3.59. The Balaban J connectivity index is 1.36. The number of aryl methyl sites for hydroxylation is 1. The van der Waals surface area contributed by atoms with Gasteiger partial charge in [-0.05, 0) is 30.7 Å². The first-order chi connectivity index (χ1) is 13.5. The third-order valence-electron chi connectivity index (χ3n) is 5.22. The van der Waals surface area contributed by atoms with Crippen LogP contribution in [0.15, 0.2) is 47.1 Å². The third kappa shape index (κ3) is 4.04. The summed E-state index contributed by atoms with van der Waals surface area (Å²) in [5.74, 6) is 0.311. The average Bonchev–Trinajstić information content (AvgIpc) is 3.30.